The van der Waals surface area contributed by atoms with Gasteiger partial charge in [-0.3, -0.25) is 9.59 Å². The molecule has 9 heteroatoms. The van der Waals surface area contributed by atoms with Crippen molar-refractivity contribution in [1.29, 1.82) is 0 Å². The molecule has 1 fully saturated rings. The molecular formula is C23H27N5O4. The van der Waals surface area contributed by atoms with E-state index in [1.54, 1.807) is 19.1 Å². The SMILES string of the molecule is Cc1nc(-c2ccc(N3CCN(C(=O)[C@H](NC(=O)c4ccco4)C(C)C)CC3)cc2)no1. The highest BCUT2D eigenvalue weighted by molar-refractivity contribution is 5.95. The number of piperazine rings is 1. The van der Waals surface area contributed by atoms with E-state index >= 15 is 0 Å². The highest BCUT2D eigenvalue weighted by Gasteiger charge is 2.31. The second-order valence-electron chi connectivity index (χ2n) is 8.17. The van der Waals surface area contributed by atoms with Gasteiger partial charge in [-0.05, 0) is 42.3 Å². The molecule has 4 rings (SSSR count). The molecular weight excluding hydrogens is 410 g/mol. The van der Waals surface area contributed by atoms with E-state index in [0.717, 1.165) is 11.3 Å². The van der Waals surface area contributed by atoms with Gasteiger partial charge in [-0.25, -0.2) is 0 Å². The first-order valence-corrected chi connectivity index (χ1v) is 10.7. The number of anilines is 1. The van der Waals surface area contributed by atoms with E-state index in [2.05, 4.69) is 20.4 Å². The van der Waals surface area contributed by atoms with Gasteiger partial charge in [0.1, 0.15) is 6.04 Å². The van der Waals surface area contributed by atoms with E-state index in [-0.39, 0.29) is 23.5 Å². The Bertz CT molecular complexity index is 1050. The maximum atomic E-state index is 13.1. The number of furan rings is 1. The van der Waals surface area contributed by atoms with E-state index in [1.807, 2.05) is 43.0 Å². The summed E-state index contributed by atoms with van der Waals surface area (Å²) in [4.78, 5) is 33.8. The van der Waals surface area contributed by atoms with Crippen LogP contribution in [-0.4, -0.2) is 59.1 Å². The number of rotatable bonds is 6. The lowest BCUT2D eigenvalue weighted by molar-refractivity contribution is -0.134. The number of aryl methyl sites for hydroxylation is 1. The minimum Gasteiger partial charge on any atom is -0.459 e. The van der Waals surface area contributed by atoms with E-state index in [4.69, 9.17) is 8.94 Å². The maximum absolute atomic E-state index is 13.1. The minimum atomic E-state index is -0.600. The van der Waals surface area contributed by atoms with Crippen LogP contribution in [0.15, 0.2) is 51.6 Å². The molecule has 0 spiro atoms. The predicted octanol–water partition coefficient (Wildman–Crippen LogP) is 2.74. The number of nitrogens with one attached hydrogen (secondary N) is 1. The average molecular weight is 438 g/mol. The second-order valence-corrected chi connectivity index (χ2v) is 8.17. The van der Waals surface area contributed by atoms with E-state index < -0.39 is 6.04 Å². The van der Waals surface area contributed by atoms with E-state index in [1.165, 1.54) is 6.26 Å². The van der Waals surface area contributed by atoms with Crippen LogP contribution in [0.1, 0.15) is 30.3 Å². The fourth-order valence-corrected chi connectivity index (χ4v) is 3.75. The van der Waals surface area contributed by atoms with Gasteiger partial charge in [-0.15, -0.1) is 0 Å². The van der Waals surface area contributed by atoms with Gasteiger partial charge in [0, 0.05) is 44.4 Å². The number of hydrogen-bond donors (Lipinski definition) is 1. The van der Waals surface area contributed by atoms with Crippen molar-refractivity contribution in [2.75, 3.05) is 31.1 Å². The van der Waals surface area contributed by atoms with Crippen molar-refractivity contribution in [1.82, 2.24) is 20.4 Å². The molecule has 1 atom stereocenters. The molecule has 1 aliphatic rings. The number of aromatic nitrogens is 2. The standard InChI is InChI=1S/C23H27N5O4/c1-15(2)20(25-22(29)19-5-4-14-31-19)23(30)28-12-10-27(11-13-28)18-8-6-17(7-9-18)21-24-16(3)32-26-21/h4-9,14-15,20H,10-13H2,1-3H3,(H,25,29)/t20-/m1/s1. The van der Waals surface area contributed by atoms with Gasteiger partial charge in [0.25, 0.3) is 5.91 Å². The van der Waals surface area contributed by atoms with E-state index in [9.17, 15) is 9.59 Å². The smallest absolute Gasteiger partial charge is 0.287 e. The number of carbonyl (C=O) groups is 2. The first-order valence-electron chi connectivity index (χ1n) is 10.7. The molecule has 1 N–H and O–H groups in total. The van der Waals surface area contributed by atoms with Crippen LogP contribution in [0.3, 0.4) is 0 Å². The molecule has 0 radical (unpaired) electrons. The maximum Gasteiger partial charge on any atom is 0.287 e. The fraction of sp³-hybridized carbons (Fsp3) is 0.391. The lowest BCUT2D eigenvalue weighted by Crippen LogP contribution is -2.56. The number of carbonyl (C=O) groups excluding carboxylic acids is 2. The van der Waals surface area contributed by atoms with Gasteiger partial charge in [0.05, 0.1) is 6.26 Å². The summed E-state index contributed by atoms with van der Waals surface area (Å²) >= 11 is 0. The van der Waals surface area contributed by atoms with Crippen molar-refractivity contribution in [2.45, 2.75) is 26.8 Å². The third kappa shape index (κ3) is 4.66. The van der Waals surface area contributed by atoms with Crippen LogP contribution < -0.4 is 10.2 Å². The summed E-state index contributed by atoms with van der Waals surface area (Å²) in [5, 5.41) is 6.77. The predicted molar refractivity (Wildman–Crippen MR) is 118 cm³/mol. The molecule has 0 aliphatic carbocycles. The van der Waals surface area contributed by atoms with Crippen LogP contribution >= 0.6 is 0 Å². The zero-order valence-corrected chi connectivity index (χ0v) is 18.4. The Balaban J connectivity index is 1.35. The van der Waals surface area contributed by atoms with Crippen LogP contribution in [0, 0.1) is 12.8 Å². The Labute approximate surface area is 186 Å². The summed E-state index contributed by atoms with van der Waals surface area (Å²) in [7, 11) is 0. The van der Waals surface area contributed by atoms with Gasteiger partial charge < -0.3 is 24.1 Å². The zero-order valence-electron chi connectivity index (χ0n) is 18.4. The van der Waals surface area contributed by atoms with Gasteiger partial charge in [-0.1, -0.05) is 19.0 Å². The minimum absolute atomic E-state index is 0.0410. The van der Waals surface area contributed by atoms with Crippen LogP contribution in [-0.2, 0) is 4.79 Å². The Morgan fingerprint density at radius 2 is 1.78 bits per heavy atom. The lowest BCUT2D eigenvalue weighted by Gasteiger charge is -2.38. The Morgan fingerprint density at radius 1 is 1.06 bits per heavy atom. The van der Waals surface area contributed by atoms with Crippen LogP contribution in [0.25, 0.3) is 11.4 Å². The fourth-order valence-electron chi connectivity index (χ4n) is 3.75. The molecule has 9 nitrogen and oxygen atoms in total. The van der Waals surface area contributed by atoms with Gasteiger partial charge in [0.15, 0.2) is 5.76 Å². The van der Waals surface area contributed by atoms with Crippen LogP contribution in [0.5, 0.6) is 0 Å². The quantitative estimate of drug-likeness (QED) is 0.632. The molecule has 1 saturated heterocycles. The summed E-state index contributed by atoms with van der Waals surface area (Å²) < 4.78 is 10.2. The number of benzene rings is 1. The molecule has 2 amide bonds. The summed E-state index contributed by atoms with van der Waals surface area (Å²) in [5.74, 6) is 0.819. The highest BCUT2D eigenvalue weighted by atomic mass is 16.5. The first-order chi connectivity index (χ1) is 15.4. The summed E-state index contributed by atoms with van der Waals surface area (Å²) in [6, 6.07) is 10.6. The van der Waals surface area contributed by atoms with Crippen LogP contribution in [0.2, 0.25) is 0 Å². The molecule has 3 heterocycles. The highest BCUT2D eigenvalue weighted by Crippen LogP contribution is 2.22. The molecule has 168 valence electrons. The van der Waals surface area contributed by atoms with Crippen molar-refractivity contribution in [3.8, 4) is 11.4 Å². The lowest BCUT2D eigenvalue weighted by atomic mass is 10.0. The normalized spacial score (nSPS) is 15.1. The third-order valence-electron chi connectivity index (χ3n) is 5.57. The van der Waals surface area contributed by atoms with Crippen molar-refractivity contribution < 1.29 is 18.5 Å². The number of nitrogens with zero attached hydrogens (tertiary/aromatic N) is 4. The largest absolute Gasteiger partial charge is 0.459 e. The molecule has 1 aliphatic heterocycles. The van der Waals surface area contributed by atoms with Crippen LogP contribution in [0.4, 0.5) is 5.69 Å². The molecule has 2 aromatic heterocycles. The first kappa shape index (κ1) is 21.6. The zero-order chi connectivity index (χ0) is 22.7. The van der Waals surface area contributed by atoms with Gasteiger partial charge in [-0.2, -0.15) is 4.98 Å². The third-order valence-corrected chi connectivity index (χ3v) is 5.57. The average Bonchev–Trinajstić information content (AvgIpc) is 3.49. The van der Waals surface area contributed by atoms with Crippen molar-refractivity contribution in [3.63, 3.8) is 0 Å². The van der Waals surface area contributed by atoms with Gasteiger partial charge >= 0.3 is 0 Å². The number of hydrogen-bond acceptors (Lipinski definition) is 7. The molecule has 32 heavy (non-hydrogen) atoms. The van der Waals surface area contributed by atoms with Gasteiger partial charge in [0.2, 0.25) is 17.6 Å². The summed E-state index contributed by atoms with van der Waals surface area (Å²) in [6.45, 7) is 8.21. The Hall–Kier alpha value is -3.62. The molecule has 0 saturated carbocycles. The second kappa shape index (κ2) is 9.25. The van der Waals surface area contributed by atoms with Crippen molar-refractivity contribution >= 4 is 17.5 Å². The molecule has 0 bridgehead atoms. The topological polar surface area (TPSA) is 105 Å². The molecule has 0 unspecified atom stereocenters. The molecule has 1 aromatic carbocycles. The van der Waals surface area contributed by atoms with Crippen molar-refractivity contribution in [3.05, 3.63) is 54.3 Å². The van der Waals surface area contributed by atoms with E-state index in [0.29, 0.717) is 37.9 Å². The Morgan fingerprint density at radius 3 is 2.34 bits per heavy atom. The van der Waals surface area contributed by atoms with Crippen molar-refractivity contribution in [2.24, 2.45) is 5.92 Å². The monoisotopic (exact) mass is 437 g/mol. The Kier molecular flexibility index (Phi) is 6.25. The summed E-state index contributed by atoms with van der Waals surface area (Å²) in [6.07, 6.45) is 1.44. The summed E-state index contributed by atoms with van der Waals surface area (Å²) in [5.41, 5.74) is 1.97. The molecule has 3 aromatic rings. The number of amides is 2.